The molecule has 102 valence electrons. The van der Waals surface area contributed by atoms with E-state index in [9.17, 15) is 9.90 Å². The van der Waals surface area contributed by atoms with Gasteiger partial charge in [-0.3, -0.25) is 0 Å². The molecule has 0 aliphatic carbocycles. The number of carboxylic acids is 1. The van der Waals surface area contributed by atoms with Crippen molar-refractivity contribution in [1.82, 2.24) is 0 Å². The number of benzene rings is 2. The molecule has 21 heavy (non-hydrogen) atoms. The Hall–Kier alpha value is -0.654. The molecule has 0 saturated carbocycles. The molecule has 0 N–H and O–H groups in total. The molecule has 3 rings (SSSR count). The third-order valence-corrected chi connectivity index (χ3v) is 3.71. The molecule has 0 atom stereocenters. The van der Waals surface area contributed by atoms with E-state index >= 15 is 0 Å². The molecule has 1 heterocycles. The van der Waals surface area contributed by atoms with Gasteiger partial charge in [0.25, 0.3) is 0 Å². The van der Waals surface area contributed by atoms with Crippen LogP contribution >= 0.6 is 0 Å². The smallest absolute Gasteiger partial charge is 0.550 e. The minimum Gasteiger partial charge on any atom is -0.550 e. The van der Waals surface area contributed by atoms with Gasteiger partial charge in [0.2, 0.25) is 0 Å². The number of aliphatic carboxylic acids is 1. The number of fused-ring (bicyclic) bond motifs is 1. The second-order valence-corrected chi connectivity index (χ2v) is 5.17. The number of anilines is 1. The van der Waals surface area contributed by atoms with Crippen molar-refractivity contribution in [1.29, 1.82) is 0 Å². The van der Waals surface area contributed by atoms with Crippen LogP contribution in [0.1, 0.15) is 16.7 Å². The summed E-state index contributed by atoms with van der Waals surface area (Å²) < 4.78 is 0. The first-order valence-electron chi connectivity index (χ1n) is 6.83. The Labute approximate surface area is 167 Å². The topological polar surface area (TPSA) is 43.4 Å². The SMILES string of the molecule is O=C([O-])Cc1ccc2c(c1)N(Cc1ccccc1)CC2.[K+]. The molecule has 1 aliphatic heterocycles. The van der Waals surface area contributed by atoms with Gasteiger partial charge in [-0.05, 0) is 29.2 Å². The first-order chi connectivity index (χ1) is 9.72. The Morgan fingerprint density at radius 3 is 2.57 bits per heavy atom. The van der Waals surface area contributed by atoms with E-state index in [2.05, 4.69) is 17.0 Å². The molecule has 2 aromatic carbocycles. The maximum absolute atomic E-state index is 10.7. The molecule has 1 aliphatic rings. The molecule has 2 aromatic rings. The summed E-state index contributed by atoms with van der Waals surface area (Å²) in [5.74, 6) is -1.03. The Bertz CT molecular complexity index is 628. The monoisotopic (exact) mass is 305 g/mol. The minimum atomic E-state index is -1.03. The number of rotatable bonds is 4. The number of hydrogen-bond donors (Lipinski definition) is 0. The van der Waals surface area contributed by atoms with Crippen LogP contribution in [-0.2, 0) is 24.2 Å². The fourth-order valence-electron chi connectivity index (χ4n) is 2.74. The van der Waals surface area contributed by atoms with E-state index in [0.29, 0.717) is 0 Å². The number of carboxylic acid groups (broad SMARTS) is 1. The van der Waals surface area contributed by atoms with Crippen LogP contribution in [0.5, 0.6) is 0 Å². The third-order valence-electron chi connectivity index (χ3n) is 3.71. The molecule has 0 unspecified atom stereocenters. The van der Waals surface area contributed by atoms with E-state index in [1.807, 2.05) is 36.4 Å². The Balaban J connectivity index is 0.00000161. The van der Waals surface area contributed by atoms with Gasteiger partial charge in [0.1, 0.15) is 0 Å². The zero-order chi connectivity index (χ0) is 13.9. The second-order valence-electron chi connectivity index (χ2n) is 5.17. The van der Waals surface area contributed by atoms with E-state index in [0.717, 1.165) is 30.8 Å². The fraction of sp³-hybridized carbons (Fsp3) is 0.235. The van der Waals surface area contributed by atoms with Crippen LogP contribution in [0.25, 0.3) is 0 Å². The molecule has 0 saturated heterocycles. The van der Waals surface area contributed by atoms with Gasteiger partial charge in [0.05, 0.1) is 0 Å². The normalized spacial score (nSPS) is 12.7. The summed E-state index contributed by atoms with van der Waals surface area (Å²) in [7, 11) is 0. The van der Waals surface area contributed by atoms with Gasteiger partial charge in [-0.1, -0.05) is 42.5 Å². The van der Waals surface area contributed by atoms with E-state index in [-0.39, 0.29) is 57.8 Å². The van der Waals surface area contributed by atoms with Crippen molar-refractivity contribution in [3.63, 3.8) is 0 Å². The van der Waals surface area contributed by atoms with E-state index in [1.165, 1.54) is 11.1 Å². The molecule has 0 fully saturated rings. The summed E-state index contributed by atoms with van der Waals surface area (Å²) in [5.41, 5.74) is 4.53. The van der Waals surface area contributed by atoms with Gasteiger partial charge in [0.15, 0.2) is 0 Å². The molecular formula is C17H16KNO2. The molecule has 0 radical (unpaired) electrons. The summed E-state index contributed by atoms with van der Waals surface area (Å²) in [6.07, 6.45) is 1.00. The Morgan fingerprint density at radius 2 is 1.86 bits per heavy atom. The van der Waals surface area contributed by atoms with E-state index < -0.39 is 5.97 Å². The fourth-order valence-corrected chi connectivity index (χ4v) is 2.74. The van der Waals surface area contributed by atoms with Crippen molar-refractivity contribution < 1.29 is 61.3 Å². The van der Waals surface area contributed by atoms with Crippen molar-refractivity contribution >= 4 is 11.7 Å². The first-order valence-corrected chi connectivity index (χ1v) is 6.83. The number of carbonyl (C=O) groups excluding carboxylic acids is 1. The van der Waals surface area contributed by atoms with Gasteiger partial charge in [-0.25, -0.2) is 0 Å². The average Bonchev–Trinajstić information content (AvgIpc) is 2.82. The second kappa shape index (κ2) is 7.56. The van der Waals surface area contributed by atoms with Crippen LogP contribution in [-0.4, -0.2) is 12.5 Å². The number of nitrogens with zero attached hydrogens (tertiary/aromatic N) is 1. The predicted octanol–water partition coefficient (Wildman–Crippen LogP) is -1.45. The molecule has 0 amide bonds. The van der Waals surface area contributed by atoms with Gasteiger partial charge in [-0.2, -0.15) is 0 Å². The van der Waals surface area contributed by atoms with Gasteiger partial charge < -0.3 is 14.8 Å². The van der Waals surface area contributed by atoms with E-state index in [4.69, 9.17) is 0 Å². The zero-order valence-electron chi connectivity index (χ0n) is 12.2. The van der Waals surface area contributed by atoms with E-state index in [1.54, 1.807) is 0 Å². The van der Waals surface area contributed by atoms with Crippen molar-refractivity contribution in [2.24, 2.45) is 0 Å². The third kappa shape index (κ3) is 4.17. The van der Waals surface area contributed by atoms with Crippen LogP contribution in [0.15, 0.2) is 48.5 Å². The predicted molar refractivity (Wildman–Crippen MR) is 76.3 cm³/mol. The molecule has 4 heteroatoms. The summed E-state index contributed by atoms with van der Waals surface area (Å²) in [6, 6.07) is 16.2. The summed E-state index contributed by atoms with van der Waals surface area (Å²) >= 11 is 0. The van der Waals surface area contributed by atoms with Crippen molar-refractivity contribution in [3.8, 4) is 0 Å². The molecular weight excluding hydrogens is 289 g/mol. The van der Waals surface area contributed by atoms with Gasteiger partial charge in [-0.15, -0.1) is 0 Å². The van der Waals surface area contributed by atoms with Gasteiger partial charge in [0, 0.05) is 31.2 Å². The summed E-state index contributed by atoms with van der Waals surface area (Å²) in [5, 5.41) is 10.7. The molecule has 0 spiro atoms. The van der Waals surface area contributed by atoms with Crippen molar-refractivity contribution in [3.05, 3.63) is 65.2 Å². The largest absolute Gasteiger partial charge is 1.00 e. The van der Waals surface area contributed by atoms with Crippen LogP contribution in [0.2, 0.25) is 0 Å². The number of hydrogen-bond acceptors (Lipinski definition) is 3. The quantitative estimate of drug-likeness (QED) is 0.649. The van der Waals surface area contributed by atoms with Crippen molar-refractivity contribution in [2.45, 2.75) is 19.4 Å². The van der Waals surface area contributed by atoms with Gasteiger partial charge >= 0.3 is 51.4 Å². The zero-order valence-corrected chi connectivity index (χ0v) is 15.3. The summed E-state index contributed by atoms with van der Waals surface area (Å²) in [6.45, 7) is 1.85. The maximum Gasteiger partial charge on any atom is 1.00 e. The summed E-state index contributed by atoms with van der Waals surface area (Å²) in [4.78, 5) is 13.0. The molecule has 0 bridgehead atoms. The van der Waals surface area contributed by atoms with Crippen LogP contribution in [0.4, 0.5) is 5.69 Å². The first kappa shape index (κ1) is 16.7. The van der Waals surface area contributed by atoms with Crippen molar-refractivity contribution in [2.75, 3.05) is 11.4 Å². The standard InChI is InChI=1S/C17H17NO2.K/c19-17(20)11-14-6-7-15-8-9-18(16(15)10-14)12-13-4-2-1-3-5-13;/h1-7,10H,8-9,11-12H2,(H,19,20);/q;+1/p-1. The molecule has 0 aromatic heterocycles. The van der Waals surface area contributed by atoms with Crippen LogP contribution < -0.4 is 61.4 Å². The molecule has 3 nitrogen and oxygen atoms in total. The van der Waals surface area contributed by atoms with Crippen LogP contribution in [0.3, 0.4) is 0 Å². The average molecular weight is 305 g/mol. The minimum absolute atomic E-state index is 0. The maximum atomic E-state index is 10.7. The number of carbonyl (C=O) groups is 1. The Kier molecular flexibility index (Phi) is 6.02. The van der Waals surface area contributed by atoms with Crippen LogP contribution in [0, 0.1) is 0 Å². The Morgan fingerprint density at radius 1 is 1.10 bits per heavy atom.